The van der Waals surface area contributed by atoms with Crippen molar-refractivity contribution in [3.63, 3.8) is 0 Å². The molecule has 0 saturated heterocycles. The van der Waals surface area contributed by atoms with Gasteiger partial charge in [-0.2, -0.15) is 0 Å². The molecule has 162 valence electrons. The van der Waals surface area contributed by atoms with Gasteiger partial charge in [-0.25, -0.2) is 0 Å². The van der Waals surface area contributed by atoms with Crippen LogP contribution in [0.15, 0.2) is 90.3 Å². The van der Waals surface area contributed by atoms with Crippen LogP contribution in [0.2, 0.25) is 0 Å². The molecule has 1 atom stereocenters. The molecule has 3 aromatic carbocycles. The van der Waals surface area contributed by atoms with Gasteiger partial charge in [-0.15, -0.1) is 11.3 Å². The minimum atomic E-state index is -3.08. The highest BCUT2D eigenvalue weighted by atomic mass is 32.1. The molecule has 0 bridgehead atoms. The summed E-state index contributed by atoms with van der Waals surface area (Å²) in [5.41, 5.74) is 9.34. The summed E-state index contributed by atoms with van der Waals surface area (Å²) in [7, 11) is -1.63. The van der Waals surface area contributed by atoms with Crippen molar-refractivity contribution in [3.8, 4) is 10.4 Å². The summed E-state index contributed by atoms with van der Waals surface area (Å²) in [6, 6.07) is 25.8. The maximum Gasteiger partial charge on any atom is 0.255 e. The molecule has 0 radical (unpaired) electrons. The van der Waals surface area contributed by atoms with Crippen molar-refractivity contribution in [1.82, 2.24) is 0 Å². The fourth-order valence-electron chi connectivity index (χ4n) is 3.42. The standard InChI is InChI=1S/C25H23N2O3PS/c1-30-31(29,21-9-3-2-4-10-21)17-18-7-5-8-20(15-18)25(28)27-23-16-19(12-13-22(23)26)24-11-6-14-32-24/h2-16H,17,26H2,1H3,(H,27,28). The Morgan fingerprint density at radius 1 is 1.00 bits per heavy atom. The summed E-state index contributed by atoms with van der Waals surface area (Å²) in [5.74, 6) is -0.283. The van der Waals surface area contributed by atoms with Crippen LogP contribution in [0.1, 0.15) is 15.9 Å². The van der Waals surface area contributed by atoms with Gasteiger partial charge in [0.05, 0.1) is 17.5 Å². The molecule has 0 aliphatic rings. The summed E-state index contributed by atoms with van der Waals surface area (Å²) in [6.45, 7) is 0. The Bertz CT molecular complexity index is 1270. The van der Waals surface area contributed by atoms with Gasteiger partial charge in [-0.1, -0.05) is 42.5 Å². The lowest BCUT2D eigenvalue weighted by molar-refractivity contribution is 0.102. The number of hydrogen-bond acceptors (Lipinski definition) is 5. The first kappa shape index (κ1) is 22.0. The van der Waals surface area contributed by atoms with E-state index >= 15 is 0 Å². The average molecular weight is 463 g/mol. The maximum absolute atomic E-state index is 13.4. The van der Waals surface area contributed by atoms with Crippen molar-refractivity contribution in [2.45, 2.75) is 6.16 Å². The van der Waals surface area contributed by atoms with Crippen LogP contribution in [-0.2, 0) is 15.3 Å². The number of nitrogen functional groups attached to an aromatic ring is 1. The highest BCUT2D eigenvalue weighted by Gasteiger charge is 2.25. The molecule has 0 saturated carbocycles. The van der Waals surface area contributed by atoms with Crippen LogP contribution in [-0.4, -0.2) is 13.0 Å². The van der Waals surface area contributed by atoms with E-state index in [1.165, 1.54) is 7.11 Å². The van der Waals surface area contributed by atoms with Crippen molar-refractivity contribution < 1.29 is 13.9 Å². The first-order valence-electron chi connectivity index (χ1n) is 10.0. The van der Waals surface area contributed by atoms with Crippen molar-refractivity contribution in [1.29, 1.82) is 0 Å². The van der Waals surface area contributed by atoms with Crippen molar-refractivity contribution >= 4 is 41.3 Å². The molecule has 1 heterocycles. The van der Waals surface area contributed by atoms with E-state index in [1.807, 2.05) is 53.9 Å². The van der Waals surface area contributed by atoms with Crippen LogP contribution >= 0.6 is 18.7 Å². The molecule has 3 N–H and O–H groups in total. The number of hydrogen-bond donors (Lipinski definition) is 2. The molecule has 32 heavy (non-hydrogen) atoms. The first-order chi connectivity index (χ1) is 15.5. The molecule has 5 nitrogen and oxygen atoms in total. The zero-order valence-electron chi connectivity index (χ0n) is 17.5. The largest absolute Gasteiger partial charge is 0.397 e. The number of nitrogens with two attached hydrogens (primary N) is 1. The zero-order valence-corrected chi connectivity index (χ0v) is 19.2. The minimum Gasteiger partial charge on any atom is -0.397 e. The molecule has 0 aliphatic heterocycles. The third-order valence-corrected chi connectivity index (χ3v) is 8.51. The Balaban J connectivity index is 1.56. The SMILES string of the molecule is COP(=O)(Cc1cccc(C(=O)Nc2cc(-c3cccs3)ccc2N)c1)c1ccccc1. The summed E-state index contributed by atoms with van der Waals surface area (Å²) < 4.78 is 18.8. The highest BCUT2D eigenvalue weighted by molar-refractivity contribution is 7.66. The second-order valence-corrected chi connectivity index (χ2v) is 10.8. The number of rotatable bonds is 7. The van der Waals surface area contributed by atoms with Gasteiger partial charge in [0.25, 0.3) is 5.91 Å². The quantitative estimate of drug-likeness (QED) is 0.261. The van der Waals surface area contributed by atoms with Gasteiger partial charge in [0.2, 0.25) is 7.37 Å². The van der Waals surface area contributed by atoms with E-state index in [4.69, 9.17) is 10.3 Å². The van der Waals surface area contributed by atoms with Crippen LogP contribution in [0, 0.1) is 0 Å². The van der Waals surface area contributed by atoms with Crippen molar-refractivity contribution in [3.05, 3.63) is 101 Å². The Hall–Kier alpha value is -3.18. The summed E-state index contributed by atoms with van der Waals surface area (Å²) in [6.07, 6.45) is 0.199. The topological polar surface area (TPSA) is 81.4 Å². The Labute approximate surface area is 191 Å². The lowest BCUT2D eigenvalue weighted by atomic mass is 10.1. The van der Waals surface area contributed by atoms with E-state index in [0.717, 1.165) is 16.0 Å². The number of benzene rings is 3. The van der Waals surface area contributed by atoms with Crippen LogP contribution in [0.4, 0.5) is 11.4 Å². The molecule has 0 spiro atoms. The molecular formula is C25H23N2O3PS. The fraction of sp³-hybridized carbons (Fsp3) is 0.0800. The summed E-state index contributed by atoms with van der Waals surface area (Å²) in [5, 5.41) is 5.56. The van der Waals surface area contributed by atoms with Gasteiger partial charge in [-0.05, 0) is 59.0 Å². The third kappa shape index (κ3) is 4.83. The monoisotopic (exact) mass is 462 g/mol. The second-order valence-electron chi connectivity index (χ2n) is 7.28. The van der Waals surface area contributed by atoms with E-state index in [0.29, 0.717) is 22.2 Å². The van der Waals surface area contributed by atoms with Gasteiger partial charge in [-0.3, -0.25) is 9.36 Å². The minimum absolute atomic E-state index is 0.199. The lowest BCUT2D eigenvalue weighted by Crippen LogP contribution is -2.14. The molecule has 0 aliphatic carbocycles. The van der Waals surface area contributed by atoms with Gasteiger partial charge >= 0.3 is 0 Å². The number of thiophene rings is 1. The highest BCUT2D eigenvalue weighted by Crippen LogP contribution is 2.48. The molecule has 4 rings (SSSR count). The molecule has 1 unspecified atom stereocenters. The number of anilines is 2. The first-order valence-corrected chi connectivity index (χ1v) is 12.7. The van der Waals surface area contributed by atoms with Gasteiger partial charge in [0.1, 0.15) is 0 Å². The summed E-state index contributed by atoms with van der Waals surface area (Å²) >= 11 is 1.62. The van der Waals surface area contributed by atoms with Crippen LogP contribution < -0.4 is 16.4 Å². The normalized spacial score (nSPS) is 12.8. The molecular weight excluding hydrogens is 439 g/mol. The Kier molecular flexibility index (Phi) is 6.56. The summed E-state index contributed by atoms with van der Waals surface area (Å²) in [4.78, 5) is 14.1. The van der Waals surface area contributed by atoms with E-state index in [2.05, 4.69) is 5.32 Å². The van der Waals surface area contributed by atoms with Crippen molar-refractivity contribution in [2.24, 2.45) is 0 Å². The van der Waals surface area contributed by atoms with Gasteiger partial charge in [0, 0.05) is 22.9 Å². The molecule has 1 aromatic heterocycles. The number of amides is 1. The van der Waals surface area contributed by atoms with Crippen LogP contribution in [0.5, 0.6) is 0 Å². The Morgan fingerprint density at radius 3 is 2.53 bits per heavy atom. The Morgan fingerprint density at radius 2 is 1.81 bits per heavy atom. The van der Waals surface area contributed by atoms with Gasteiger partial charge < -0.3 is 15.6 Å². The van der Waals surface area contributed by atoms with Gasteiger partial charge in [0.15, 0.2) is 0 Å². The lowest BCUT2D eigenvalue weighted by Gasteiger charge is -2.17. The molecule has 4 aromatic rings. The maximum atomic E-state index is 13.4. The smallest absolute Gasteiger partial charge is 0.255 e. The van der Waals surface area contributed by atoms with E-state index in [9.17, 15) is 9.36 Å². The van der Waals surface area contributed by atoms with Crippen molar-refractivity contribution in [2.75, 3.05) is 18.2 Å². The van der Waals surface area contributed by atoms with Crippen LogP contribution in [0.3, 0.4) is 0 Å². The predicted molar refractivity (Wildman–Crippen MR) is 133 cm³/mol. The second kappa shape index (κ2) is 9.53. The number of carbonyl (C=O) groups is 1. The van der Waals surface area contributed by atoms with E-state index in [-0.39, 0.29) is 12.1 Å². The number of nitrogens with one attached hydrogen (secondary N) is 1. The van der Waals surface area contributed by atoms with E-state index in [1.54, 1.807) is 47.7 Å². The third-order valence-electron chi connectivity index (χ3n) is 5.13. The molecule has 0 fully saturated rings. The van der Waals surface area contributed by atoms with Crippen LogP contribution in [0.25, 0.3) is 10.4 Å². The predicted octanol–water partition coefficient (Wildman–Crippen LogP) is 6.00. The fourth-order valence-corrected chi connectivity index (χ4v) is 5.97. The number of carbonyl (C=O) groups excluding carboxylic acids is 1. The molecule has 1 amide bonds. The molecule has 7 heteroatoms. The zero-order chi connectivity index (χ0) is 22.6. The van der Waals surface area contributed by atoms with E-state index < -0.39 is 7.37 Å². The average Bonchev–Trinajstić information content (AvgIpc) is 3.36.